The lowest BCUT2D eigenvalue weighted by Crippen LogP contribution is -2.38. The third kappa shape index (κ3) is 5.15. The molecule has 4 rings (SSSR count). The Morgan fingerprint density at radius 3 is 2.80 bits per heavy atom. The SMILES string of the molecule is CCNC(=NCc1coc(-c2cccs2)n1)NCCc1ccc(-n2cccn2)cc1. The summed E-state index contributed by atoms with van der Waals surface area (Å²) in [6.45, 7) is 4.09. The molecule has 154 valence electrons. The van der Waals surface area contributed by atoms with Crippen molar-refractivity contribution < 1.29 is 4.42 Å². The number of nitrogens with one attached hydrogen (secondary N) is 2. The highest BCUT2D eigenvalue weighted by Crippen LogP contribution is 2.23. The van der Waals surface area contributed by atoms with Crippen LogP contribution in [-0.4, -0.2) is 33.8 Å². The van der Waals surface area contributed by atoms with E-state index < -0.39 is 0 Å². The monoisotopic (exact) mass is 420 g/mol. The Kier molecular flexibility index (Phi) is 6.56. The van der Waals surface area contributed by atoms with E-state index in [0.717, 1.165) is 41.7 Å². The second kappa shape index (κ2) is 9.89. The fourth-order valence-corrected chi connectivity index (χ4v) is 3.61. The molecule has 0 aliphatic rings. The number of nitrogens with zero attached hydrogens (tertiary/aromatic N) is 4. The van der Waals surface area contributed by atoms with E-state index in [9.17, 15) is 0 Å². The summed E-state index contributed by atoms with van der Waals surface area (Å²) in [7, 11) is 0. The summed E-state index contributed by atoms with van der Waals surface area (Å²) < 4.78 is 7.41. The number of aliphatic imine (C=N–C) groups is 1. The van der Waals surface area contributed by atoms with Crippen LogP contribution in [0.5, 0.6) is 0 Å². The number of oxazole rings is 1. The molecular weight excluding hydrogens is 396 g/mol. The van der Waals surface area contributed by atoms with Gasteiger partial charge in [0.05, 0.1) is 17.1 Å². The van der Waals surface area contributed by atoms with Gasteiger partial charge in [-0.2, -0.15) is 5.10 Å². The summed E-state index contributed by atoms with van der Waals surface area (Å²) >= 11 is 1.61. The zero-order chi connectivity index (χ0) is 20.6. The summed E-state index contributed by atoms with van der Waals surface area (Å²) in [5.74, 6) is 1.41. The molecule has 4 aromatic rings. The van der Waals surface area contributed by atoms with Gasteiger partial charge in [-0.05, 0) is 48.6 Å². The van der Waals surface area contributed by atoms with Gasteiger partial charge < -0.3 is 15.1 Å². The first-order valence-corrected chi connectivity index (χ1v) is 10.8. The smallest absolute Gasteiger partial charge is 0.236 e. The van der Waals surface area contributed by atoms with Crippen molar-refractivity contribution in [2.24, 2.45) is 4.99 Å². The highest BCUT2D eigenvalue weighted by molar-refractivity contribution is 7.13. The average molecular weight is 421 g/mol. The molecule has 7 nitrogen and oxygen atoms in total. The van der Waals surface area contributed by atoms with Crippen molar-refractivity contribution in [3.63, 3.8) is 0 Å². The Bertz CT molecular complexity index is 1050. The predicted octanol–water partition coefficient (Wildman–Crippen LogP) is 3.89. The quantitative estimate of drug-likeness (QED) is 0.334. The Morgan fingerprint density at radius 2 is 2.07 bits per heavy atom. The molecule has 0 unspecified atom stereocenters. The third-order valence-electron chi connectivity index (χ3n) is 4.44. The lowest BCUT2D eigenvalue weighted by atomic mass is 10.1. The maximum Gasteiger partial charge on any atom is 0.236 e. The number of hydrogen-bond acceptors (Lipinski definition) is 5. The van der Waals surface area contributed by atoms with Crippen molar-refractivity contribution in [1.82, 2.24) is 25.4 Å². The summed E-state index contributed by atoms with van der Waals surface area (Å²) in [4.78, 5) is 10.2. The molecule has 3 heterocycles. The van der Waals surface area contributed by atoms with Crippen molar-refractivity contribution >= 4 is 17.3 Å². The highest BCUT2D eigenvalue weighted by Gasteiger charge is 2.07. The molecule has 30 heavy (non-hydrogen) atoms. The van der Waals surface area contributed by atoms with Gasteiger partial charge in [-0.15, -0.1) is 11.3 Å². The van der Waals surface area contributed by atoms with Crippen molar-refractivity contribution in [2.75, 3.05) is 13.1 Å². The summed E-state index contributed by atoms with van der Waals surface area (Å²) in [5, 5.41) is 12.9. The van der Waals surface area contributed by atoms with Gasteiger partial charge in [-0.3, -0.25) is 0 Å². The molecule has 0 aliphatic carbocycles. The van der Waals surface area contributed by atoms with Gasteiger partial charge in [0.25, 0.3) is 0 Å². The van der Waals surface area contributed by atoms with Gasteiger partial charge in [0.15, 0.2) is 5.96 Å². The van der Waals surface area contributed by atoms with E-state index in [1.165, 1.54) is 5.56 Å². The van der Waals surface area contributed by atoms with Crippen LogP contribution in [0, 0.1) is 0 Å². The van der Waals surface area contributed by atoms with Crippen LogP contribution in [0.2, 0.25) is 0 Å². The topological polar surface area (TPSA) is 80.3 Å². The molecule has 0 fully saturated rings. The van der Waals surface area contributed by atoms with Crippen LogP contribution >= 0.6 is 11.3 Å². The number of thiophene rings is 1. The number of hydrogen-bond donors (Lipinski definition) is 2. The molecule has 0 spiro atoms. The summed E-state index contributed by atoms with van der Waals surface area (Å²) in [6, 6.07) is 14.3. The minimum absolute atomic E-state index is 0.461. The van der Waals surface area contributed by atoms with Crippen LogP contribution in [0.4, 0.5) is 0 Å². The second-order valence-corrected chi connectivity index (χ2v) is 7.56. The van der Waals surface area contributed by atoms with E-state index in [1.54, 1.807) is 23.8 Å². The molecule has 8 heteroatoms. The van der Waals surface area contributed by atoms with E-state index in [-0.39, 0.29) is 0 Å². The van der Waals surface area contributed by atoms with Crippen molar-refractivity contribution in [3.05, 3.63) is 77.8 Å². The van der Waals surface area contributed by atoms with Crippen molar-refractivity contribution in [2.45, 2.75) is 19.9 Å². The first-order chi connectivity index (χ1) is 14.8. The largest absolute Gasteiger partial charge is 0.443 e. The number of guanidine groups is 1. The number of rotatable bonds is 8. The normalized spacial score (nSPS) is 11.6. The molecule has 0 aliphatic heterocycles. The van der Waals surface area contributed by atoms with Gasteiger partial charge in [-0.25, -0.2) is 14.7 Å². The van der Waals surface area contributed by atoms with E-state index in [1.807, 2.05) is 34.5 Å². The Hall–Kier alpha value is -3.39. The fraction of sp³-hybridized carbons (Fsp3) is 0.227. The standard InChI is InChI=1S/C22H24N6OS/c1-2-23-22(25-15-18-16-29-21(27-18)20-5-3-14-30-20)24-12-10-17-6-8-19(9-7-17)28-13-4-11-26-28/h3-9,11,13-14,16H,2,10,12,15H2,1H3,(H2,23,24,25). The van der Waals surface area contributed by atoms with Gasteiger partial charge in [0.1, 0.15) is 12.0 Å². The lowest BCUT2D eigenvalue weighted by molar-refractivity contribution is 0.574. The van der Waals surface area contributed by atoms with Crippen LogP contribution in [0.15, 0.2) is 75.9 Å². The van der Waals surface area contributed by atoms with Crippen molar-refractivity contribution in [1.29, 1.82) is 0 Å². The number of benzene rings is 1. The van der Waals surface area contributed by atoms with Gasteiger partial charge in [0, 0.05) is 25.5 Å². The van der Waals surface area contributed by atoms with Crippen LogP contribution in [0.3, 0.4) is 0 Å². The molecule has 0 saturated heterocycles. The number of aromatic nitrogens is 3. The van der Waals surface area contributed by atoms with Crippen molar-refractivity contribution in [3.8, 4) is 16.5 Å². The maximum absolute atomic E-state index is 5.56. The summed E-state index contributed by atoms with van der Waals surface area (Å²) in [6.07, 6.45) is 6.29. The lowest BCUT2D eigenvalue weighted by Gasteiger charge is -2.11. The van der Waals surface area contributed by atoms with Crippen LogP contribution in [0.1, 0.15) is 18.2 Å². The fourth-order valence-electron chi connectivity index (χ4n) is 2.96. The van der Waals surface area contributed by atoms with Crippen LogP contribution in [-0.2, 0) is 13.0 Å². The molecule has 0 radical (unpaired) electrons. The molecule has 0 amide bonds. The molecule has 2 N–H and O–H groups in total. The van der Waals surface area contributed by atoms with Crippen LogP contribution < -0.4 is 10.6 Å². The molecule has 1 aromatic carbocycles. The average Bonchev–Trinajstić information content (AvgIpc) is 3.55. The summed E-state index contributed by atoms with van der Waals surface area (Å²) in [5.41, 5.74) is 3.12. The van der Waals surface area contributed by atoms with Gasteiger partial charge in [-0.1, -0.05) is 18.2 Å². The maximum atomic E-state index is 5.56. The van der Waals surface area contributed by atoms with Gasteiger partial charge in [0.2, 0.25) is 5.89 Å². The van der Waals surface area contributed by atoms with E-state index in [4.69, 9.17) is 4.42 Å². The van der Waals surface area contributed by atoms with E-state index >= 15 is 0 Å². The Labute approximate surface area is 179 Å². The first kappa shape index (κ1) is 19.9. The first-order valence-electron chi connectivity index (χ1n) is 9.91. The third-order valence-corrected chi connectivity index (χ3v) is 5.30. The molecule has 0 bridgehead atoms. The Balaban J connectivity index is 1.30. The minimum Gasteiger partial charge on any atom is -0.443 e. The highest BCUT2D eigenvalue weighted by atomic mass is 32.1. The van der Waals surface area contributed by atoms with Crippen LogP contribution in [0.25, 0.3) is 16.5 Å². The molecular formula is C22H24N6OS. The molecule has 0 saturated carbocycles. The minimum atomic E-state index is 0.461. The van der Waals surface area contributed by atoms with E-state index in [2.05, 4.69) is 56.9 Å². The zero-order valence-electron chi connectivity index (χ0n) is 16.8. The predicted molar refractivity (Wildman–Crippen MR) is 120 cm³/mol. The van der Waals surface area contributed by atoms with E-state index in [0.29, 0.717) is 12.4 Å². The molecule has 0 atom stereocenters. The Morgan fingerprint density at radius 1 is 1.17 bits per heavy atom. The van der Waals surface area contributed by atoms with Gasteiger partial charge >= 0.3 is 0 Å². The second-order valence-electron chi connectivity index (χ2n) is 6.61. The zero-order valence-corrected chi connectivity index (χ0v) is 17.6. The molecule has 3 aromatic heterocycles.